The van der Waals surface area contributed by atoms with E-state index in [4.69, 9.17) is 9.72 Å². The summed E-state index contributed by atoms with van der Waals surface area (Å²) in [5.41, 5.74) is 4.71. The monoisotopic (exact) mass is 374 g/mol. The molecule has 0 bridgehead atoms. The maximum absolute atomic E-state index is 5.77. The van der Waals surface area contributed by atoms with Gasteiger partial charge in [-0.25, -0.2) is 9.97 Å². The first-order chi connectivity index (χ1) is 13.7. The minimum absolute atomic E-state index is 0.705. The largest absolute Gasteiger partial charge is 0.492 e. The molecule has 144 valence electrons. The molecule has 1 aliphatic heterocycles. The predicted octanol–water partition coefficient (Wildman–Crippen LogP) is 3.60. The second-order valence-corrected chi connectivity index (χ2v) is 7.47. The first-order valence-corrected chi connectivity index (χ1v) is 9.66. The highest BCUT2D eigenvalue weighted by Crippen LogP contribution is 2.25. The molecule has 28 heavy (non-hydrogen) atoms. The van der Waals surface area contributed by atoms with Crippen LogP contribution in [0.15, 0.2) is 60.8 Å². The highest BCUT2D eigenvalue weighted by Gasteiger charge is 2.21. The summed E-state index contributed by atoms with van der Waals surface area (Å²) in [4.78, 5) is 13.9. The van der Waals surface area contributed by atoms with Crippen molar-refractivity contribution in [2.75, 3.05) is 27.2 Å². The number of ether oxygens (including phenoxy) is 1. The Hall–Kier alpha value is -2.76. The number of aromatic nitrogens is 2. The number of nitrogens with zero attached hydrogens (tertiary/aromatic N) is 4. The number of likely N-dealkylation sites (N-methyl/N-ethyl adjacent to an activating group) is 1. The van der Waals surface area contributed by atoms with E-state index in [1.54, 1.807) is 0 Å². The third kappa shape index (κ3) is 4.55. The summed E-state index contributed by atoms with van der Waals surface area (Å²) < 4.78 is 5.77. The highest BCUT2D eigenvalue weighted by atomic mass is 16.5. The van der Waals surface area contributed by atoms with Crippen LogP contribution in [0.3, 0.4) is 0 Å². The number of hydrogen-bond donors (Lipinski definition) is 0. The summed E-state index contributed by atoms with van der Waals surface area (Å²) in [6.07, 6.45) is 1.98. The number of rotatable bonds is 7. The summed E-state index contributed by atoms with van der Waals surface area (Å²) in [6.45, 7) is 4.27. The number of fused-ring (bicyclic) bond motifs is 1. The Bertz CT molecular complexity index is 910. The lowest BCUT2D eigenvalue weighted by Gasteiger charge is -2.15. The minimum Gasteiger partial charge on any atom is -0.492 e. The molecule has 4 rings (SSSR count). The summed E-state index contributed by atoms with van der Waals surface area (Å²) in [5, 5.41) is 0. The molecule has 1 aliphatic rings. The van der Waals surface area contributed by atoms with Crippen molar-refractivity contribution in [2.45, 2.75) is 19.6 Å². The Morgan fingerprint density at radius 1 is 1.00 bits per heavy atom. The van der Waals surface area contributed by atoms with E-state index in [9.17, 15) is 0 Å². The average molecular weight is 374 g/mol. The lowest BCUT2D eigenvalue weighted by Crippen LogP contribution is -2.19. The molecule has 0 radical (unpaired) electrons. The van der Waals surface area contributed by atoms with Gasteiger partial charge in [-0.2, -0.15) is 0 Å². The molecule has 3 aromatic rings. The molecule has 1 aromatic heterocycles. The zero-order chi connectivity index (χ0) is 19.3. The Balaban J connectivity index is 1.36. The fraction of sp³-hybridized carbons (Fsp3) is 0.304. The zero-order valence-corrected chi connectivity index (χ0v) is 16.5. The first-order valence-electron chi connectivity index (χ1n) is 9.66. The van der Waals surface area contributed by atoms with Gasteiger partial charge in [-0.05, 0) is 31.8 Å². The van der Waals surface area contributed by atoms with Crippen molar-refractivity contribution in [1.29, 1.82) is 0 Å². The van der Waals surface area contributed by atoms with Gasteiger partial charge in [-0.1, -0.05) is 42.5 Å². The number of benzene rings is 2. The molecule has 0 fully saturated rings. The fourth-order valence-corrected chi connectivity index (χ4v) is 3.35. The topological polar surface area (TPSA) is 41.5 Å². The quantitative estimate of drug-likeness (QED) is 0.632. The Morgan fingerprint density at radius 3 is 2.54 bits per heavy atom. The van der Waals surface area contributed by atoms with Crippen molar-refractivity contribution >= 4 is 0 Å². The van der Waals surface area contributed by atoms with Crippen LogP contribution in [0.2, 0.25) is 0 Å². The van der Waals surface area contributed by atoms with Gasteiger partial charge in [-0.15, -0.1) is 0 Å². The summed E-state index contributed by atoms with van der Waals surface area (Å²) in [5.74, 6) is 1.73. The van der Waals surface area contributed by atoms with E-state index in [0.717, 1.165) is 49.0 Å². The van der Waals surface area contributed by atoms with Crippen molar-refractivity contribution < 1.29 is 4.74 Å². The lowest BCUT2D eigenvalue weighted by atomic mass is 10.2. The minimum atomic E-state index is 0.705. The Kier molecular flexibility index (Phi) is 5.65. The van der Waals surface area contributed by atoms with Gasteiger partial charge in [0.2, 0.25) is 0 Å². The van der Waals surface area contributed by atoms with Gasteiger partial charge in [0.25, 0.3) is 0 Å². The van der Waals surface area contributed by atoms with E-state index in [1.165, 1.54) is 11.1 Å². The van der Waals surface area contributed by atoms with Crippen LogP contribution in [-0.4, -0.2) is 47.0 Å². The van der Waals surface area contributed by atoms with Gasteiger partial charge in [-0.3, -0.25) is 4.90 Å². The maximum atomic E-state index is 5.77. The Labute approximate surface area is 166 Å². The van der Waals surface area contributed by atoms with Crippen molar-refractivity contribution in [3.05, 3.63) is 77.6 Å². The molecule has 2 aromatic carbocycles. The second kappa shape index (κ2) is 8.50. The zero-order valence-electron chi connectivity index (χ0n) is 16.5. The van der Waals surface area contributed by atoms with E-state index in [2.05, 4.69) is 51.2 Å². The molecule has 0 spiro atoms. The van der Waals surface area contributed by atoms with Crippen LogP contribution in [-0.2, 0) is 19.6 Å². The molecule has 0 aliphatic carbocycles. The van der Waals surface area contributed by atoms with Gasteiger partial charge in [0.05, 0.1) is 5.69 Å². The molecular formula is C23H26N4O. The van der Waals surface area contributed by atoms with Gasteiger partial charge in [0.15, 0.2) is 5.82 Å². The van der Waals surface area contributed by atoms with Gasteiger partial charge >= 0.3 is 0 Å². The fourth-order valence-electron chi connectivity index (χ4n) is 3.35. The van der Waals surface area contributed by atoms with E-state index < -0.39 is 0 Å². The molecule has 0 atom stereocenters. The standard InChI is InChI=1S/C23H26N4O/c1-26(2)12-13-28-21-10-8-18(9-11-21)15-27-16-20-14-24-23(25-22(20)17-27)19-6-4-3-5-7-19/h3-11,14H,12-13,15-17H2,1-2H3. The first kappa shape index (κ1) is 18.6. The summed E-state index contributed by atoms with van der Waals surface area (Å²) in [7, 11) is 4.10. The Morgan fingerprint density at radius 2 is 1.79 bits per heavy atom. The van der Waals surface area contributed by atoms with Crippen molar-refractivity contribution in [2.24, 2.45) is 0 Å². The molecule has 0 unspecified atom stereocenters. The normalized spacial score (nSPS) is 13.7. The van der Waals surface area contributed by atoms with Crippen molar-refractivity contribution in [3.63, 3.8) is 0 Å². The average Bonchev–Trinajstić information content (AvgIpc) is 3.11. The van der Waals surface area contributed by atoms with Crippen LogP contribution >= 0.6 is 0 Å². The van der Waals surface area contributed by atoms with E-state index in [1.807, 2.05) is 38.5 Å². The summed E-state index contributed by atoms with van der Waals surface area (Å²) >= 11 is 0. The highest BCUT2D eigenvalue weighted by molar-refractivity contribution is 5.54. The molecule has 0 saturated carbocycles. The molecule has 0 N–H and O–H groups in total. The maximum Gasteiger partial charge on any atom is 0.159 e. The second-order valence-electron chi connectivity index (χ2n) is 7.47. The third-order valence-electron chi connectivity index (χ3n) is 4.89. The molecule has 5 heteroatoms. The lowest BCUT2D eigenvalue weighted by molar-refractivity contribution is 0.260. The van der Waals surface area contributed by atoms with Crippen LogP contribution in [0.25, 0.3) is 11.4 Å². The molecule has 0 saturated heterocycles. The predicted molar refractivity (Wildman–Crippen MR) is 111 cm³/mol. The van der Waals surface area contributed by atoms with Crippen LogP contribution < -0.4 is 4.74 Å². The molecule has 2 heterocycles. The smallest absolute Gasteiger partial charge is 0.159 e. The number of hydrogen-bond acceptors (Lipinski definition) is 5. The van der Waals surface area contributed by atoms with Gasteiger partial charge < -0.3 is 9.64 Å². The van der Waals surface area contributed by atoms with Crippen LogP contribution in [0, 0.1) is 0 Å². The molecule has 0 amide bonds. The van der Waals surface area contributed by atoms with Gasteiger partial charge in [0.1, 0.15) is 12.4 Å². The molecule has 5 nitrogen and oxygen atoms in total. The third-order valence-corrected chi connectivity index (χ3v) is 4.89. The van der Waals surface area contributed by atoms with E-state index >= 15 is 0 Å². The van der Waals surface area contributed by atoms with Crippen molar-refractivity contribution in [1.82, 2.24) is 19.8 Å². The van der Waals surface area contributed by atoms with E-state index in [0.29, 0.717) is 6.61 Å². The van der Waals surface area contributed by atoms with Crippen LogP contribution in [0.1, 0.15) is 16.8 Å². The summed E-state index contributed by atoms with van der Waals surface area (Å²) in [6, 6.07) is 18.6. The van der Waals surface area contributed by atoms with E-state index in [-0.39, 0.29) is 0 Å². The molecular weight excluding hydrogens is 348 g/mol. The SMILES string of the molecule is CN(C)CCOc1ccc(CN2Cc3cnc(-c4ccccc4)nc3C2)cc1. The van der Waals surface area contributed by atoms with Gasteiger partial charge in [0, 0.05) is 43.5 Å². The van der Waals surface area contributed by atoms with Crippen LogP contribution in [0.4, 0.5) is 0 Å². The van der Waals surface area contributed by atoms with Crippen LogP contribution in [0.5, 0.6) is 5.75 Å². The van der Waals surface area contributed by atoms with Crippen molar-refractivity contribution in [3.8, 4) is 17.1 Å².